The molecule has 5 nitrogen and oxygen atoms in total. The fourth-order valence-corrected chi connectivity index (χ4v) is 2.00. The van der Waals surface area contributed by atoms with Crippen molar-refractivity contribution < 1.29 is 18.7 Å². The highest BCUT2D eigenvalue weighted by atomic mass is 16.5. The average Bonchev–Trinajstić information content (AvgIpc) is 3.06. The Kier molecular flexibility index (Phi) is 5.77. The number of benzene rings is 1. The minimum absolute atomic E-state index is 0.255. The summed E-state index contributed by atoms with van der Waals surface area (Å²) in [4.78, 5) is 23.3. The van der Waals surface area contributed by atoms with Crippen LogP contribution in [-0.4, -0.2) is 18.5 Å². The maximum Gasteiger partial charge on any atom is 0.306 e. The van der Waals surface area contributed by atoms with Gasteiger partial charge < -0.3 is 14.5 Å². The first-order valence-corrected chi connectivity index (χ1v) is 7.17. The van der Waals surface area contributed by atoms with Gasteiger partial charge in [-0.15, -0.1) is 0 Å². The molecular formula is C17H19NO4. The van der Waals surface area contributed by atoms with Crippen LogP contribution in [0.25, 0.3) is 0 Å². The summed E-state index contributed by atoms with van der Waals surface area (Å²) in [6.45, 7) is 1.52. The number of rotatable bonds is 7. The molecule has 0 aliphatic carbocycles. The Morgan fingerprint density at radius 2 is 1.95 bits per heavy atom. The van der Waals surface area contributed by atoms with Gasteiger partial charge in [0.1, 0.15) is 5.76 Å². The van der Waals surface area contributed by atoms with Gasteiger partial charge in [-0.25, -0.2) is 0 Å². The van der Waals surface area contributed by atoms with E-state index in [1.807, 2.05) is 30.3 Å². The lowest BCUT2D eigenvalue weighted by atomic mass is 10.1. The van der Waals surface area contributed by atoms with Crippen molar-refractivity contribution in [3.8, 4) is 0 Å². The summed E-state index contributed by atoms with van der Waals surface area (Å²) >= 11 is 0. The SMILES string of the molecule is C[C@@H](NC(=O)COC(=O)CCc1ccccc1)c1ccco1. The van der Waals surface area contributed by atoms with Crippen LogP contribution in [0.4, 0.5) is 0 Å². The van der Waals surface area contributed by atoms with Gasteiger partial charge in [-0.3, -0.25) is 9.59 Å². The Labute approximate surface area is 129 Å². The second-order valence-electron chi connectivity index (χ2n) is 4.95. The topological polar surface area (TPSA) is 68.5 Å². The fraction of sp³-hybridized carbons (Fsp3) is 0.294. The molecule has 0 aliphatic heterocycles. The molecule has 1 N–H and O–H groups in total. The van der Waals surface area contributed by atoms with Gasteiger partial charge in [0.05, 0.1) is 12.3 Å². The molecular weight excluding hydrogens is 282 g/mol. The van der Waals surface area contributed by atoms with E-state index >= 15 is 0 Å². The zero-order valence-electron chi connectivity index (χ0n) is 12.5. The molecule has 1 aromatic carbocycles. The van der Waals surface area contributed by atoms with Crippen LogP contribution in [0.1, 0.15) is 30.7 Å². The van der Waals surface area contributed by atoms with Crippen LogP contribution in [0.3, 0.4) is 0 Å². The normalized spacial score (nSPS) is 11.7. The van der Waals surface area contributed by atoms with Crippen LogP contribution in [0.15, 0.2) is 53.1 Å². The van der Waals surface area contributed by atoms with Crippen LogP contribution < -0.4 is 5.32 Å². The number of carbonyl (C=O) groups excluding carboxylic acids is 2. The van der Waals surface area contributed by atoms with Crippen molar-refractivity contribution in [1.82, 2.24) is 5.32 Å². The highest BCUT2D eigenvalue weighted by Crippen LogP contribution is 2.11. The molecule has 5 heteroatoms. The van der Waals surface area contributed by atoms with E-state index in [0.717, 1.165) is 5.56 Å². The van der Waals surface area contributed by atoms with Crippen molar-refractivity contribution in [2.75, 3.05) is 6.61 Å². The summed E-state index contributed by atoms with van der Waals surface area (Å²) in [7, 11) is 0. The lowest BCUT2D eigenvalue weighted by Crippen LogP contribution is -2.31. The second-order valence-corrected chi connectivity index (χ2v) is 4.95. The van der Waals surface area contributed by atoms with Crippen molar-refractivity contribution in [2.45, 2.75) is 25.8 Å². The first kappa shape index (κ1) is 15.8. The van der Waals surface area contributed by atoms with E-state index in [1.165, 1.54) is 0 Å². The van der Waals surface area contributed by atoms with Crippen LogP contribution in [0.5, 0.6) is 0 Å². The van der Waals surface area contributed by atoms with Crippen molar-refractivity contribution in [3.05, 3.63) is 60.1 Å². The minimum Gasteiger partial charge on any atom is -0.467 e. The van der Waals surface area contributed by atoms with Crippen LogP contribution in [-0.2, 0) is 20.7 Å². The zero-order valence-corrected chi connectivity index (χ0v) is 12.5. The number of hydrogen-bond donors (Lipinski definition) is 1. The second kappa shape index (κ2) is 8.02. The van der Waals surface area contributed by atoms with Crippen molar-refractivity contribution in [1.29, 1.82) is 0 Å². The van der Waals surface area contributed by atoms with Gasteiger partial charge in [0, 0.05) is 6.42 Å². The molecule has 2 rings (SSSR count). The number of amides is 1. The van der Waals surface area contributed by atoms with E-state index < -0.39 is 0 Å². The molecule has 0 saturated carbocycles. The number of esters is 1. The highest BCUT2D eigenvalue weighted by Gasteiger charge is 2.13. The third-order valence-electron chi connectivity index (χ3n) is 3.17. The van der Waals surface area contributed by atoms with Gasteiger partial charge in [-0.2, -0.15) is 0 Å². The number of carbonyl (C=O) groups is 2. The molecule has 2 aromatic rings. The summed E-state index contributed by atoms with van der Waals surface area (Å²) in [5.74, 6) is -0.0784. The van der Waals surface area contributed by atoms with E-state index in [0.29, 0.717) is 12.2 Å². The predicted octanol–water partition coefficient (Wildman–Crippen LogP) is 2.63. The van der Waals surface area contributed by atoms with Crippen LogP contribution in [0.2, 0.25) is 0 Å². The lowest BCUT2D eigenvalue weighted by molar-refractivity contribution is -0.148. The Balaban J connectivity index is 1.66. The Morgan fingerprint density at radius 3 is 2.64 bits per heavy atom. The molecule has 0 fully saturated rings. The number of aryl methyl sites for hydroxylation is 1. The molecule has 0 unspecified atom stereocenters. The van der Waals surface area contributed by atoms with Crippen molar-refractivity contribution in [2.24, 2.45) is 0 Å². The molecule has 1 amide bonds. The predicted molar refractivity (Wildman–Crippen MR) is 81.0 cm³/mol. The minimum atomic E-state index is -0.385. The summed E-state index contributed by atoms with van der Waals surface area (Å²) in [5.41, 5.74) is 1.07. The number of ether oxygens (including phenoxy) is 1. The molecule has 1 heterocycles. The van der Waals surface area contributed by atoms with Crippen molar-refractivity contribution in [3.63, 3.8) is 0 Å². The number of nitrogens with one attached hydrogen (secondary N) is 1. The summed E-state index contributed by atoms with van der Waals surface area (Å²) in [6.07, 6.45) is 2.40. The van der Waals surface area contributed by atoms with E-state index in [9.17, 15) is 9.59 Å². The van der Waals surface area contributed by atoms with E-state index in [2.05, 4.69) is 5.32 Å². The van der Waals surface area contributed by atoms with Gasteiger partial charge >= 0.3 is 5.97 Å². The maximum atomic E-state index is 11.7. The van der Waals surface area contributed by atoms with Gasteiger partial charge in [0.2, 0.25) is 0 Å². The largest absolute Gasteiger partial charge is 0.467 e. The monoisotopic (exact) mass is 301 g/mol. The van der Waals surface area contributed by atoms with Crippen molar-refractivity contribution >= 4 is 11.9 Å². The first-order chi connectivity index (χ1) is 10.6. The Bertz CT molecular complexity index is 592. The Morgan fingerprint density at radius 1 is 1.18 bits per heavy atom. The van der Waals surface area contributed by atoms with Gasteiger partial charge in [-0.1, -0.05) is 30.3 Å². The van der Waals surface area contributed by atoms with Gasteiger partial charge in [0.25, 0.3) is 5.91 Å². The van der Waals surface area contributed by atoms with E-state index in [1.54, 1.807) is 25.3 Å². The average molecular weight is 301 g/mol. The molecule has 1 atom stereocenters. The lowest BCUT2D eigenvalue weighted by Gasteiger charge is -2.11. The molecule has 1 aromatic heterocycles. The molecule has 0 aliphatic rings. The molecule has 0 saturated heterocycles. The molecule has 0 spiro atoms. The summed E-state index contributed by atoms with van der Waals surface area (Å²) in [6, 6.07) is 12.9. The molecule has 0 radical (unpaired) electrons. The molecule has 22 heavy (non-hydrogen) atoms. The quantitative estimate of drug-likeness (QED) is 0.798. The van der Waals surface area contributed by atoms with E-state index in [4.69, 9.17) is 9.15 Å². The van der Waals surface area contributed by atoms with Crippen LogP contribution in [0, 0.1) is 0 Å². The number of furan rings is 1. The first-order valence-electron chi connectivity index (χ1n) is 7.17. The Hall–Kier alpha value is -2.56. The maximum absolute atomic E-state index is 11.7. The van der Waals surface area contributed by atoms with Gasteiger partial charge in [0.15, 0.2) is 6.61 Å². The third kappa shape index (κ3) is 5.09. The molecule has 0 bridgehead atoms. The molecule has 116 valence electrons. The zero-order chi connectivity index (χ0) is 15.8. The summed E-state index contributed by atoms with van der Waals surface area (Å²) in [5, 5.41) is 2.70. The van der Waals surface area contributed by atoms with Crippen LogP contribution >= 0.6 is 0 Å². The van der Waals surface area contributed by atoms with E-state index in [-0.39, 0.29) is 30.9 Å². The summed E-state index contributed by atoms with van der Waals surface area (Å²) < 4.78 is 10.1. The highest BCUT2D eigenvalue weighted by molar-refractivity contribution is 5.80. The number of hydrogen-bond acceptors (Lipinski definition) is 4. The standard InChI is InChI=1S/C17H19NO4/c1-13(15-8-5-11-21-15)18-16(19)12-22-17(20)10-9-14-6-3-2-4-7-14/h2-8,11,13H,9-10,12H2,1H3,(H,18,19)/t13-/m1/s1. The fourth-order valence-electron chi connectivity index (χ4n) is 2.00. The third-order valence-corrected chi connectivity index (χ3v) is 3.17. The smallest absolute Gasteiger partial charge is 0.306 e. The van der Waals surface area contributed by atoms with Gasteiger partial charge in [-0.05, 0) is 31.0 Å².